The number of nitrogens with one attached hydrogen (secondary N) is 1. The molecule has 2 aromatic rings. The molecule has 0 radical (unpaired) electrons. The van der Waals surface area contributed by atoms with Crippen molar-refractivity contribution in [2.24, 2.45) is 0 Å². The first-order valence-corrected chi connectivity index (χ1v) is 7.06. The third kappa shape index (κ3) is 3.84. The summed E-state index contributed by atoms with van der Waals surface area (Å²) in [6.07, 6.45) is 1.92. The summed E-state index contributed by atoms with van der Waals surface area (Å²) in [5.74, 6) is 1.11. The monoisotopic (exact) mass is 289 g/mol. The fourth-order valence-electron chi connectivity index (χ4n) is 2.30. The number of pyridine rings is 1. The maximum absolute atomic E-state index is 5.68. The summed E-state index contributed by atoms with van der Waals surface area (Å²) in [5.41, 5.74) is 0.718. The normalized spacial score (nSPS) is 19.0. The smallest absolute Gasteiger partial charge is 0.241 e. The fraction of sp³-hybridized carbons (Fsp3) is 0.500. The summed E-state index contributed by atoms with van der Waals surface area (Å²) in [4.78, 5) is 10.7. The molecule has 112 valence electrons. The third-order valence-corrected chi connectivity index (χ3v) is 3.29. The Kier molecular flexibility index (Phi) is 4.54. The zero-order chi connectivity index (χ0) is 14.5. The molecule has 0 aromatic carbocycles. The minimum atomic E-state index is 0.210. The average molecular weight is 289 g/mol. The van der Waals surface area contributed by atoms with E-state index >= 15 is 0 Å². The maximum atomic E-state index is 5.68. The second kappa shape index (κ2) is 6.75. The van der Waals surface area contributed by atoms with Crippen LogP contribution < -0.4 is 5.32 Å². The molecule has 1 N–H and O–H groups in total. The first-order valence-electron chi connectivity index (χ1n) is 7.06. The molecule has 1 saturated heterocycles. The van der Waals surface area contributed by atoms with Crippen LogP contribution in [0, 0.1) is 0 Å². The van der Waals surface area contributed by atoms with E-state index in [0.29, 0.717) is 18.3 Å². The number of morpholine rings is 1. The molecule has 7 heteroatoms. The lowest BCUT2D eigenvalue weighted by atomic mass is 10.3. The van der Waals surface area contributed by atoms with E-state index in [2.05, 4.69) is 25.3 Å². The highest BCUT2D eigenvalue weighted by Gasteiger charge is 2.17. The molecule has 1 aliphatic heterocycles. The zero-order valence-electron chi connectivity index (χ0n) is 12.0. The largest absolute Gasteiger partial charge is 0.374 e. The topological polar surface area (TPSA) is 76.3 Å². The minimum absolute atomic E-state index is 0.210. The molecule has 0 spiro atoms. The Bertz CT molecular complexity index is 554. The molecule has 3 rings (SSSR count). The van der Waals surface area contributed by atoms with Crippen LogP contribution in [0.25, 0.3) is 11.5 Å². The van der Waals surface area contributed by atoms with Crippen LogP contribution in [0.2, 0.25) is 0 Å². The maximum Gasteiger partial charge on any atom is 0.241 e. The molecule has 3 heterocycles. The molecule has 0 aliphatic carbocycles. The Labute approximate surface area is 123 Å². The summed E-state index contributed by atoms with van der Waals surface area (Å²) in [6.45, 7) is 4.00. The Morgan fingerprint density at radius 1 is 1.43 bits per heavy atom. The van der Waals surface area contributed by atoms with Crippen LogP contribution in [0.5, 0.6) is 0 Å². The minimum Gasteiger partial charge on any atom is -0.374 e. The first-order chi connectivity index (χ1) is 10.3. The molecular weight excluding hydrogens is 270 g/mol. The van der Waals surface area contributed by atoms with Crippen molar-refractivity contribution in [3.05, 3.63) is 30.3 Å². The Morgan fingerprint density at radius 3 is 3.14 bits per heavy atom. The lowest BCUT2D eigenvalue weighted by Gasteiger charge is -2.27. The summed E-state index contributed by atoms with van der Waals surface area (Å²) in [7, 11) is 2.02. The van der Waals surface area contributed by atoms with Crippen molar-refractivity contribution in [3.8, 4) is 11.5 Å². The van der Waals surface area contributed by atoms with Crippen molar-refractivity contribution >= 4 is 0 Å². The van der Waals surface area contributed by atoms with Crippen LogP contribution in [0.3, 0.4) is 0 Å². The van der Waals surface area contributed by atoms with Gasteiger partial charge in [-0.25, -0.2) is 0 Å². The third-order valence-electron chi connectivity index (χ3n) is 3.29. The fourth-order valence-corrected chi connectivity index (χ4v) is 2.30. The number of rotatable bonds is 5. The number of likely N-dealkylation sites (N-methyl/N-ethyl adjacent to an activating group) is 1. The van der Waals surface area contributed by atoms with Gasteiger partial charge in [-0.2, -0.15) is 4.98 Å². The standard InChI is InChI=1S/C14H19N5O2/c1-19(9-11-8-15-6-7-20-11)10-13-17-14(18-21-13)12-4-2-3-5-16-12/h2-5,11,15H,6-10H2,1H3. The highest BCUT2D eigenvalue weighted by molar-refractivity contribution is 5.46. The van der Waals surface area contributed by atoms with Crippen molar-refractivity contribution in [2.75, 3.05) is 33.3 Å². The van der Waals surface area contributed by atoms with Gasteiger partial charge >= 0.3 is 0 Å². The van der Waals surface area contributed by atoms with Gasteiger partial charge in [0.25, 0.3) is 0 Å². The number of hydrogen-bond donors (Lipinski definition) is 1. The van der Waals surface area contributed by atoms with Gasteiger partial charge in [-0.3, -0.25) is 9.88 Å². The molecule has 1 atom stereocenters. The summed E-state index contributed by atoms with van der Waals surface area (Å²) in [5, 5.41) is 7.29. The molecule has 21 heavy (non-hydrogen) atoms. The molecule has 0 saturated carbocycles. The molecule has 1 unspecified atom stereocenters. The molecule has 2 aromatic heterocycles. The molecule has 1 aliphatic rings. The Balaban J connectivity index is 1.56. The number of ether oxygens (including phenoxy) is 1. The van der Waals surface area contributed by atoms with Gasteiger partial charge in [-0.05, 0) is 19.2 Å². The lowest BCUT2D eigenvalue weighted by molar-refractivity contribution is 0.00748. The number of aromatic nitrogens is 3. The van der Waals surface area contributed by atoms with Gasteiger partial charge in [0.05, 0.1) is 19.3 Å². The summed E-state index contributed by atoms with van der Waals surface area (Å²) >= 11 is 0. The van der Waals surface area contributed by atoms with E-state index in [4.69, 9.17) is 9.26 Å². The highest BCUT2D eigenvalue weighted by atomic mass is 16.5. The van der Waals surface area contributed by atoms with Gasteiger partial charge in [0.1, 0.15) is 5.69 Å². The summed E-state index contributed by atoms with van der Waals surface area (Å²) in [6, 6.07) is 5.62. The van der Waals surface area contributed by atoms with Crippen LogP contribution in [0.15, 0.2) is 28.9 Å². The first kappa shape index (κ1) is 14.1. The van der Waals surface area contributed by atoms with E-state index in [1.165, 1.54) is 0 Å². The quantitative estimate of drug-likeness (QED) is 0.861. The predicted octanol–water partition coefficient (Wildman–Crippen LogP) is 0.552. The van der Waals surface area contributed by atoms with E-state index < -0.39 is 0 Å². The van der Waals surface area contributed by atoms with Gasteiger partial charge in [0, 0.05) is 25.8 Å². The van der Waals surface area contributed by atoms with Crippen molar-refractivity contribution < 1.29 is 9.26 Å². The van der Waals surface area contributed by atoms with Crippen molar-refractivity contribution in [3.63, 3.8) is 0 Å². The van der Waals surface area contributed by atoms with E-state index in [0.717, 1.165) is 31.9 Å². The number of nitrogens with zero attached hydrogens (tertiary/aromatic N) is 4. The Hall–Kier alpha value is -1.83. The van der Waals surface area contributed by atoms with Crippen LogP contribution in [-0.2, 0) is 11.3 Å². The van der Waals surface area contributed by atoms with Crippen molar-refractivity contribution in [1.82, 2.24) is 25.3 Å². The van der Waals surface area contributed by atoms with Gasteiger partial charge in [0.2, 0.25) is 11.7 Å². The van der Waals surface area contributed by atoms with Crippen LogP contribution >= 0.6 is 0 Å². The second-order valence-electron chi connectivity index (χ2n) is 5.12. The van der Waals surface area contributed by atoms with Crippen LogP contribution in [0.1, 0.15) is 5.89 Å². The van der Waals surface area contributed by atoms with E-state index in [9.17, 15) is 0 Å². The van der Waals surface area contributed by atoms with Crippen molar-refractivity contribution in [2.45, 2.75) is 12.6 Å². The van der Waals surface area contributed by atoms with E-state index in [1.807, 2.05) is 25.2 Å². The van der Waals surface area contributed by atoms with E-state index in [-0.39, 0.29) is 6.10 Å². The zero-order valence-corrected chi connectivity index (χ0v) is 12.0. The van der Waals surface area contributed by atoms with Gasteiger partial charge in [-0.15, -0.1) is 0 Å². The van der Waals surface area contributed by atoms with Crippen molar-refractivity contribution in [1.29, 1.82) is 0 Å². The SMILES string of the molecule is CN(Cc1nc(-c2ccccn2)no1)CC1CNCCO1. The molecule has 0 bridgehead atoms. The van der Waals surface area contributed by atoms with E-state index in [1.54, 1.807) is 6.20 Å². The average Bonchev–Trinajstić information content (AvgIpc) is 2.97. The molecule has 1 fully saturated rings. The number of hydrogen-bond acceptors (Lipinski definition) is 7. The van der Waals surface area contributed by atoms with Crippen LogP contribution in [0.4, 0.5) is 0 Å². The molecule has 0 amide bonds. The second-order valence-corrected chi connectivity index (χ2v) is 5.12. The summed E-state index contributed by atoms with van der Waals surface area (Å²) < 4.78 is 11.0. The Morgan fingerprint density at radius 2 is 2.38 bits per heavy atom. The predicted molar refractivity (Wildman–Crippen MR) is 76.5 cm³/mol. The van der Waals surface area contributed by atoms with Gasteiger partial charge in [-0.1, -0.05) is 11.2 Å². The molecular formula is C14H19N5O2. The highest BCUT2D eigenvalue weighted by Crippen LogP contribution is 2.13. The van der Waals surface area contributed by atoms with Gasteiger partial charge in [0.15, 0.2) is 0 Å². The molecule has 7 nitrogen and oxygen atoms in total. The van der Waals surface area contributed by atoms with Crippen LogP contribution in [-0.4, -0.2) is 59.4 Å². The van der Waals surface area contributed by atoms with Gasteiger partial charge < -0.3 is 14.6 Å². The lowest BCUT2D eigenvalue weighted by Crippen LogP contribution is -2.44.